The molecule has 0 saturated heterocycles. The molecule has 13 heteroatoms. The molecule has 0 unspecified atom stereocenters. The molecule has 0 atom stereocenters. The van der Waals surface area contributed by atoms with E-state index in [2.05, 4.69) is 19.9 Å². The first-order chi connectivity index (χ1) is 16.8. The number of aryl methyl sites for hydroxylation is 1. The lowest BCUT2D eigenvalue weighted by molar-refractivity contribution is -0.138. The third-order valence-corrected chi connectivity index (χ3v) is 9.34. The van der Waals surface area contributed by atoms with Crippen LogP contribution in [0.25, 0.3) is 50.8 Å². The molecule has 0 spiro atoms. The van der Waals surface area contributed by atoms with E-state index in [9.17, 15) is 13.2 Å². The Hall–Kier alpha value is -3.13. The molecule has 0 aliphatic carbocycles. The van der Waals surface area contributed by atoms with E-state index in [-0.39, 0.29) is 5.82 Å². The summed E-state index contributed by atoms with van der Waals surface area (Å²) in [5.41, 5.74) is 0.140. The van der Waals surface area contributed by atoms with Crippen LogP contribution in [0, 0.1) is 6.92 Å². The zero-order valence-corrected chi connectivity index (χ0v) is 20.8. The van der Waals surface area contributed by atoms with Crippen LogP contribution in [0.4, 0.5) is 13.2 Å². The fraction of sp³-hybridized carbons (Fsp3) is 0.0909. The fourth-order valence-corrected chi connectivity index (χ4v) is 7.18. The number of nitrogens with zero attached hydrogens (tertiary/aromatic N) is 6. The van der Waals surface area contributed by atoms with Gasteiger partial charge in [-0.05, 0) is 36.8 Å². The van der Waals surface area contributed by atoms with Crippen molar-refractivity contribution < 1.29 is 13.2 Å². The van der Waals surface area contributed by atoms with E-state index in [1.807, 2.05) is 25.1 Å². The highest BCUT2D eigenvalue weighted by Gasteiger charge is 2.31. The summed E-state index contributed by atoms with van der Waals surface area (Å²) in [7, 11) is 0. The van der Waals surface area contributed by atoms with Crippen molar-refractivity contribution in [3.8, 4) is 41.2 Å². The van der Waals surface area contributed by atoms with Crippen molar-refractivity contribution in [2.24, 2.45) is 0 Å². The molecule has 0 N–H and O–H groups in total. The molecule has 174 valence electrons. The Morgan fingerprint density at radius 2 is 1.03 bits per heavy atom. The third-order valence-electron chi connectivity index (χ3n) is 4.81. The topological polar surface area (TPSA) is 77.3 Å². The van der Waals surface area contributed by atoms with Gasteiger partial charge in [-0.1, -0.05) is 22.7 Å². The van der Waals surface area contributed by atoms with Crippen molar-refractivity contribution in [1.82, 2.24) is 29.9 Å². The molecule has 6 aromatic rings. The molecule has 6 heterocycles. The first-order valence-corrected chi connectivity index (χ1v) is 13.3. The fourth-order valence-electron chi connectivity index (χ4n) is 3.12. The highest BCUT2D eigenvalue weighted by Crippen LogP contribution is 2.42. The van der Waals surface area contributed by atoms with E-state index in [4.69, 9.17) is 9.97 Å². The van der Waals surface area contributed by atoms with Gasteiger partial charge in [0.2, 0.25) is 0 Å². The Kier molecular flexibility index (Phi) is 5.44. The Morgan fingerprint density at radius 1 is 0.600 bits per heavy atom. The largest absolute Gasteiger partial charge is 0.419 e. The van der Waals surface area contributed by atoms with Crippen LogP contribution in [0.15, 0.2) is 49.1 Å². The summed E-state index contributed by atoms with van der Waals surface area (Å²) in [4.78, 5) is 31.2. The first kappa shape index (κ1) is 22.3. The van der Waals surface area contributed by atoms with Crippen molar-refractivity contribution in [2.45, 2.75) is 13.1 Å². The number of thiophene rings is 2. The summed E-state index contributed by atoms with van der Waals surface area (Å²) in [5, 5.41) is 1.69. The molecule has 0 amide bonds. The van der Waals surface area contributed by atoms with Gasteiger partial charge >= 0.3 is 6.18 Å². The summed E-state index contributed by atoms with van der Waals surface area (Å²) in [6.45, 7) is 1.95. The Bertz CT molecular complexity index is 1610. The van der Waals surface area contributed by atoms with Gasteiger partial charge in [-0.3, -0.25) is 0 Å². The van der Waals surface area contributed by atoms with Crippen LogP contribution in [-0.2, 0) is 6.18 Å². The number of aromatic nitrogens is 6. The number of alkyl halides is 3. The van der Waals surface area contributed by atoms with Gasteiger partial charge in [-0.15, -0.1) is 22.7 Å². The van der Waals surface area contributed by atoms with Crippen molar-refractivity contribution in [1.29, 1.82) is 0 Å². The summed E-state index contributed by atoms with van der Waals surface area (Å²) in [5.74, 6) is 0.940. The molecule has 0 bridgehead atoms. The minimum Gasteiger partial charge on any atom is -0.236 e. The van der Waals surface area contributed by atoms with Crippen LogP contribution in [0.1, 0.15) is 11.1 Å². The SMILES string of the molecule is Cc1cnc(-c2ccc(-c3nc4sc(-c5ccc(-c6ncc(C(F)(F)F)cn6)s5)nc4s3)s2)nc1. The van der Waals surface area contributed by atoms with Gasteiger partial charge in [0, 0.05) is 24.8 Å². The Balaban J connectivity index is 1.24. The number of halogens is 3. The average Bonchev–Trinajstić information content (AvgIpc) is 3.61. The van der Waals surface area contributed by atoms with Crippen LogP contribution in [0.3, 0.4) is 0 Å². The number of rotatable bonds is 4. The molecular formula is C22H11F3N6S4. The monoisotopic (exact) mass is 544 g/mol. The zero-order chi connectivity index (χ0) is 24.2. The Labute approximate surface area is 211 Å². The summed E-state index contributed by atoms with van der Waals surface area (Å²) in [6, 6.07) is 7.67. The van der Waals surface area contributed by atoms with Gasteiger partial charge < -0.3 is 0 Å². The molecule has 0 aliphatic rings. The second-order valence-electron chi connectivity index (χ2n) is 7.35. The van der Waals surface area contributed by atoms with Crippen LogP contribution < -0.4 is 0 Å². The van der Waals surface area contributed by atoms with Crippen LogP contribution in [0.2, 0.25) is 0 Å². The molecule has 35 heavy (non-hydrogen) atoms. The highest BCUT2D eigenvalue weighted by atomic mass is 32.1. The van der Waals surface area contributed by atoms with E-state index in [0.29, 0.717) is 10.7 Å². The molecule has 6 rings (SSSR count). The predicted molar refractivity (Wildman–Crippen MR) is 134 cm³/mol. The molecule has 6 aromatic heterocycles. The predicted octanol–water partition coefficient (Wildman–Crippen LogP) is 7.45. The summed E-state index contributed by atoms with van der Waals surface area (Å²) in [6.07, 6.45) is 0.732. The molecule has 0 aromatic carbocycles. The normalized spacial score (nSPS) is 12.0. The van der Waals surface area contributed by atoms with E-state index >= 15 is 0 Å². The molecule has 0 saturated carbocycles. The molecule has 6 nitrogen and oxygen atoms in total. The van der Waals surface area contributed by atoms with E-state index in [1.165, 1.54) is 34.0 Å². The Morgan fingerprint density at radius 3 is 1.49 bits per heavy atom. The molecule has 0 aliphatic heterocycles. The lowest BCUT2D eigenvalue weighted by Crippen LogP contribution is -2.06. The number of hydrogen-bond donors (Lipinski definition) is 0. The zero-order valence-electron chi connectivity index (χ0n) is 17.6. The maximum absolute atomic E-state index is 12.8. The standard InChI is InChI=1S/C22H11F3N6S4/c1-10-6-26-16(27-7-10)12-2-4-14(32-12)18-30-20-21(34-18)31-19(35-20)15-5-3-13(33-15)17-28-8-11(9-29-17)22(23,24)25/h2-9H,1H3. The van der Waals surface area contributed by atoms with Gasteiger partial charge in [0.25, 0.3) is 0 Å². The summed E-state index contributed by atoms with van der Waals surface area (Å²) >= 11 is 5.95. The van der Waals surface area contributed by atoms with Crippen molar-refractivity contribution >= 4 is 55.0 Å². The van der Waals surface area contributed by atoms with Crippen molar-refractivity contribution in [3.05, 3.63) is 60.2 Å². The van der Waals surface area contributed by atoms with Crippen LogP contribution in [0.5, 0.6) is 0 Å². The van der Waals surface area contributed by atoms with Gasteiger partial charge in [0.1, 0.15) is 10.0 Å². The summed E-state index contributed by atoms with van der Waals surface area (Å²) < 4.78 is 38.3. The van der Waals surface area contributed by atoms with E-state index < -0.39 is 11.7 Å². The second kappa shape index (κ2) is 8.52. The van der Waals surface area contributed by atoms with E-state index in [1.54, 1.807) is 29.8 Å². The van der Waals surface area contributed by atoms with Crippen LogP contribution >= 0.6 is 45.3 Å². The van der Waals surface area contributed by atoms with Gasteiger partial charge in [-0.25, -0.2) is 29.9 Å². The smallest absolute Gasteiger partial charge is 0.236 e. The van der Waals surface area contributed by atoms with Gasteiger partial charge in [0.15, 0.2) is 21.3 Å². The number of thiazole rings is 2. The minimum absolute atomic E-state index is 0.249. The molecule has 0 radical (unpaired) electrons. The first-order valence-electron chi connectivity index (χ1n) is 10.00. The van der Waals surface area contributed by atoms with Gasteiger partial charge in [-0.2, -0.15) is 13.2 Å². The second-order valence-corrected chi connectivity index (χ2v) is 11.5. The van der Waals surface area contributed by atoms with Gasteiger partial charge in [0.05, 0.1) is 25.1 Å². The maximum atomic E-state index is 12.8. The minimum atomic E-state index is -4.46. The average molecular weight is 545 g/mol. The molecular weight excluding hydrogens is 534 g/mol. The van der Waals surface area contributed by atoms with E-state index in [0.717, 1.165) is 52.3 Å². The lowest BCUT2D eigenvalue weighted by atomic mass is 10.3. The maximum Gasteiger partial charge on any atom is 0.419 e. The van der Waals surface area contributed by atoms with Crippen molar-refractivity contribution in [3.63, 3.8) is 0 Å². The third kappa shape index (κ3) is 4.35. The van der Waals surface area contributed by atoms with Crippen molar-refractivity contribution in [2.75, 3.05) is 0 Å². The molecule has 0 fully saturated rings. The highest BCUT2D eigenvalue weighted by molar-refractivity contribution is 7.32. The number of fused-ring (bicyclic) bond motifs is 1. The lowest BCUT2D eigenvalue weighted by Gasteiger charge is -2.05. The number of hydrogen-bond acceptors (Lipinski definition) is 10. The van der Waals surface area contributed by atoms with Crippen LogP contribution in [-0.4, -0.2) is 29.9 Å². The quantitative estimate of drug-likeness (QED) is 0.229.